The molecule has 70 valence electrons. The number of nitrogens with one attached hydrogen (secondary N) is 1. The predicted molar refractivity (Wildman–Crippen MR) is 50.0 cm³/mol. The highest BCUT2D eigenvalue weighted by Gasteiger charge is 2.14. The van der Waals surface area contributed by atoms with E-state index in [-0.39, 0.29) is 10.7 Å². The molecular formula is C7H13BrN2O2. The Morgan fingerprint density at radius 3 is 2.58 bits per heavy atom. The second kappa shape index (κ2) is 5.99. The van der Waals surface area contributed by atoms with Crippen molar-refractivity contribution in [2.24, 2.45) is 5.73 Å². The third-order valence-corrected chi connectivity index (χ3v) is 2.22. The molecule has 3 amide bonds. The molecule has 0 saturated carbocycles. The van der Waals surface area contributed by atoms with Gasteiger partial charge >= 0.3 is 6.03 Å². The first-order valence-electron chi connectivity index (χ1n) is 3.82. The van der Waals surface area contributed by atoms with Crippen molar-refractivity contribution in [2.75, 3.05) is 0 Å². The van der Waals surface area contributed by atoms with Crippen LogP contribution in [0.3, 0.4) is 0 Å². The number of rotatable bonds is 4. The van der Waals surface area contributed by atoms with Crippen molar-refractivity contribution >= 4 is 27.9 Å². The molecule has 5 heteroatoms. The summed E-state index contributed by atoms with van der Waals surface area (Å²) in [7, 11) is 0. The van der Waals surface area contributed by atoms with E-state index in [1.807, 2.05) is 12.2 Å². The number of hydrogen-bond acceptors (Lipinski definition) is 2. The van der Waals surface area contributed by atoms with Crippen molar-refractivity contribution in [3.05, 3.63) is 0 Å². The molecule has 0 aliphatic rings. The standard InChI is InChI=1S/C7H13BrN2O2/c1-2-3-4-5(8)6(11)10-7(9)12/h5H,2-4H2,1H3,(H3,9,10,11,12). The molecule has 12 heavy (non-hydrogen) atoms. The molecule has 1 unspecified atom stereocenters. The lowest BCUT2D eigenvalue weighted by Crippen LogP contribution is -2.39. The highest BCUT2D eigenvalue weighted by Crippen LogP contribution is 2.09. The fourth-order valence-corrected chi connectivity index (χ4v) is 1.15. The number of nitrogens with two attached hydrogens (primary N) is 1. The van der Waals surface area contributed by atoms with Crippen LogP contribution >= 0.6 is 15.9 Å². The molecule has 0 spiro atoms. The van der Waals surface area contributed by atoms with Crippen LogP contribution in [-0.2, 0) is 4.79 Å². The van der Waals surface area contributed by atoms with E-state index in [1.165, 1.54) is 0 Å². The quantitative estimate of drug-likeness (QED) is 0.719. The van der Waals surface area contributed by atoms with Crippen molar-refractivity contribution in [3.63, 3.8) is 0 Å². The van der Waals surface area contributed by atoms with Gasteiger partial charge in [-0.1, -0.05) is 35.7 Å². The average molecular weight is 237 g/mol. The van der Waals surface area contributed by atoms with Crippen molar-refractivity contribution in [3.8, 4) is 0 Å². The van der Waals surface area contributed by atoms with Crippen LogP contribution in [0.4, 0.5) is 4.79 Å². The Hall–Kier alpha value is -0.580. The van der Waals surface area contributed by atoms with Crippen LogP contribution in [0.2, 0.25) is 0 Å². The molecule has 0 fully saturated rings. The Bertz CT molecular complexity index is 173. The fourth-order valence-electron chi connectivity index (χ4n) is 0.714. The largest absolute Gasteiger partial charge is 0.351 e. The highest BCUT2D eigenvalue weighted by molar-refractivity contribution is 9.10. The predicted octanol–water partition coefficient (Wildman–Crippen LogP) is 1.14. The lowest BCUT2D eigenvalue weighted by atomic mass is 10.2. The summed E-state index contributed by atoms with van der Waals surface area (Å²) in [6, 6.07) is -0.805. The van der Waals surface area contributed by atoms with Crippen LogP contribution < -0.4 is 11.1 Å². The van der Waals surface area contributed by atoms with Gasteiger partial charge in [0.05, 0.1) is 4.83 Å². The molecule has 0 heterocycles. The van der Waals surface area contributed by atoms with Gasteiger partial charge in [-0.2, -0.15) is 0 Å². The molecule has 0 aliphatic heterocycles. The maximum Gasteiger partial charge on any atom is 0.318 e. The number of urea groups is 1. The third-order valence-electron chi connectivity index (χ3n) is 1.34. The number of carbonyl (C=O) groups excluding carboxylic acids is 2. The molecule has 0 radical (unpaired) electrons. The van der Waals surface area contributed by atoms with E-state index in [4.69, 9.17) is 5.73 Å². The molecule has 0 bridgehead atoms. The van der Waals surface area contributed by atoms with Gasteiger partial charge in [0.25, 0.3) is 0 Å². The molecule has 0 aromatic rings. The summed E-state index contributed by atoms with van der Waals surface area (Å²) >= 11 is 3.15. The molecular weight excluding hydrogens is 224 g/mol. The Kier molecular flexibility index (Phi) is 5.70. The lowest BCUT2D eigenvalue weighted by molar-refractivity contribution is -0.119. The van der Waals surface area contributed by atoms with Gasteiger partial charge in [0, 0.05) is 0 Å². The van der Waals surface area contributed by atoms with Gasteiger partial charge in [0.1, 0.15) is 0 Å². The molecule has 0 aliphatic carbocycles. The van der Waals surface area contributed by atoms with Gasteiger partial charge in [-0.3, -0.25) is 10.1 Å². The van der Waals surface area contributed by atoms with E-state index in [9.17, 15) is 9.59 Å². The summed E-state index contributed by atoms with van der Waals surface area (Å²) in [6.07, 6.45) is 2.68. The van der Waals surface area contributed by atoms with Crippen LogP contribution in [0.1, 0.15) is 26.2 Å². The van der Waals surface area contributed by atoms with E-state index >= 15 is 0 Å². The van der Waals surface area contributed by atoms with Crippen molar-refractivity contribution in [1.82, 2.24) is 5.32 Å². The SMILES string of the molecule is CCCCC(Br)C(=O)NC(N)=O. The van der Waals surface area contributed by atoms with Crippen molar-refractivity contribution in [1.29, 1.82) is 0 Å². The Morgan fingerprint density at radius 1 is 1.58 bits per heavy atom. The normalized spacial score (nSPS) is 12.2. The van der Waals surface area contributed by atoms with Gasteiger partial charge in [-0.05, 0) is 6.42 Å². The minimum absolute atomic E-state index is 0.315. The van der Waals surface area contributed by atoms with Gasteiger partial charge in [-0.25, -0.2) is 4.79 Å². The Labute approximate surface area is 80.0 Å². The maximum atomic E-state index is 11.0. The van der Waals surface area contributed by atoms with Gasteiger partial charge in [0.15, 0.2) is 0 Å². The second-order valence-electron chi connectivity index (χ2n) is 2.46. The number of carbonyl (C=O) groups is 2. The highest BCUT2D eigenvalue weighted by atomic mass is 79.9. The van der Waals surface area contributed by atoms with Crippen molar-refractivity contribution < 1.29 is 9.59 Å². The van der Waals surface area contributed by atoms with Crippen molar-refractivity contribution in [2.45, 2.75) is 31.0 Å². The summed E-state index contributed by atoms with van der Waals surface area (Å²) < 4.78 is 0. The van der Waals surface area contributed by atoms with E-state index in [2.05, 4.69) is 15.9 Å². The maximum absolute atomic E-state index is 11.0. The molecule has 4 nitrogen and oxygen atoms in total. The van der Waals surface area contributed by atoms with Crippen LogP contribution in [0, 0.1) is 0 Å². The van der Waals surface area contributed by atoms with Crippen LogP contribution in [-0.4, -0.2) is 16.8 Å². The number of alkyl halides is 1. The van der Waals surface area contributed by atoms with Gasteiger partial charge < -0.3 is 5.73 Å². The average Bonchev–Trinajstić information content (AvgIpc) is 1.98. The van der Waals surface area contributed by atoms with E-state index in [0.717, 1.165) is 19.3 Å². The monoisotopic (exact) mass is 236 g/mol. The summed E-state index contributed by atoms with van der Waals surface area (Å²) in [4.78, 5) is 20.9. The first-order valence-corrected chi connectivity index (χ1v) is 4.73. The minimum Gasteiger partial charge on any atom is -0.351 e. The first-order chi connectivity index (χ1) is 5.57. The number of halogens is 1. The van der Waals surface area contributed by atoms with Gasteiger partial charge in [-0.15, -0.1) is 0 Å². The minimum atomic E-state index is -0.805. The number of imide groups is 1. The molecule has 3 N–H and O–H groups in total. The smallest absolute Gasteiger partial charge is 0.318 e. The summed E-state index contributed by atoms with van der Waals surface area (Å²) in [5.41, 5.74) is 4.77. The number of amides is 3. The third kappa shape index (κ3) is 5.12. The summed E-state index contributed by atoms with van der Waals surface area (Å²) in [6.45, 7) is 2.03. The molecule has 0 saturated heterocycles. The van der Waals surface area contributed by atoms with Crippen LogP contribution in [0.5, 0.6) is 0 Å². The number of unbranched alkanes of at least 4 members (excludes halogenated alkanes) is 1. The summed E-state index contributed by atoms with van der Waals surface area (Å²) in [5, 5.41) is 2.00. The number of primary amides is 1. The zero-order valence-electron chi connectivity index (χ0n) is 6.97. The molecule has 0 aromatic heterocycles. The summed E-state index contributed by atoms with van der Waals surface area (Å²) in [5.74, 6) is -0.365. The fraction of sp³-hybridized carbons (Fsp3) is 0.714. The molecule has 0 aromatic carbocycles. The topological polar surface area (TPSA) is 72.2 Å². The first kappa shape index (κ1) is 11.4. The Morgan fingerprint density at radius 2 is 2.17 bits per heavy atom. The lowest BCUT2D eigenvalue weighted by Gasteiger charge is -2.06. The molecule has 0 rings (SSSR count). The van der Waals surface area contributed by atoms with Crippen LogP contribution in [0.15, 0.2) is 0 Å². The zero-order chi connectivity index (χ0) is 9.56. The van der Waals surface area contributed by atoms with Gasteiger partial charge in [0.2, 0.25) is 5.91 Å². The molecule has 1 atom stereocenters. The number of hydrogen-bond donors (Lipinski definition) is 2. The van der Waals surface area contributed by atoms with E-state index in [1.54, 1.807) is 0 Å². The van der Waals surface area contributed by atoms with E-state index in [0.29, 0.717) is 0 Å². The van der Waals surface area contributed by atoms with E-state index < -0.39 is 6.03 Å². The zero-order valence-corrected chi connectivity index (χ0v) is 8.56. The second-order valence-corrected chi connectivity index (χ2v) is 3.57. The Balaban J connectivity index is 3.69. The van der Waals surface area contributed by atoms with Crippen LogP contribution in [0.25, 0.3) is 0 Å².